The molecule has 1 unspecified atom stereocenters. The zero-order chi connectivity index (χ0) is 23.5. The molecule has 1 N–H and O–H groups in total. The van der Waals surface area contributed by atoms with Crippen LogP contribution in [0.2, 0.25) is 10.0 Å². The van der Waals surface area contributed by atoms with E-state index in [0.29, 0.717) is 5.02 Å². The highest BCUT2D eigenvalue weighted by Crippen LogP contribution is 2.33. The number of carbonyl (C=O) groups excluding carboxylic acids is 1. The van der Waals surface area contributed by atoms with Gasteiger partial charge in [-0.1, -0.05) is 37.0 Å². The number of carbonyl (C=O) groups is 1. The van der Waals surface area contributed by atoms with E-state index in [1.54, 1.807) is 13.2 Å². The van der Waals surface area contributed by atoms with Crippen LogP contribution in [0.3, 0.4) is 0 Å². The minimum atomic E-state index is -3.77. The fourth-order valence-electron chi connectivity index (χ4n) is 3.36. The Morgan fingerprint density at radius 3 is 2.32 bits per heavy atom. The van der Waals surface area contributed by atoms with Gasteiger partial charge in [0.05, 0.1) is 30.1 Å². The van der Waals surface area contributed by atoms with E-state index in [1.807, 2.05) is 26.0 Å². The van der Waals surface area contributed by atoms with Gasteiger partial charge in [-0.15, -0.1) is 0 Å². The lowest BCUT2D eigenvalue weighted by atomic mass is 9.93. The summed E-state index contributed by atoms with van der Waals surface area (Å²) < 4.78 is 31.1. The molecule has 0 spiro atoms. The van der Waals surface area contributed by atoms with Gasteiger partial charge in [0.15, 0.2) is 0 Å². The summed E-state index contributed by atoms with van der Waals surface area (Å²) in [6.07, 6.45) is 1.02. The third-order valence-electron chi connectivity index (χ3n) is 4.95. The molecule has 2 rings (SSSR count). The van der Waals surface area contributed by atoms with Crippen molar-refractivity contribution in [3.05, 3.63) is 57.1 Å². The van der Waals surface area contributed by atoms with Crippen molar-refractivity contribution in [3.63, 3.8) is 0 Å². The van der Waals surface area contributed by atoms with Gasteiger partial charge in [0, 0.05) is 5.02 Å². The summed E-state index contributed by atoms with van der Waals surface area (Å²) >= 11 is 12.2. The first kappa shape index (κ1) is 25.3. The van der Waals surface area contributed by atoms with Crippen LogP contribution in [0.5, 0.6) is 5.75 Å². The normalized spacial score (nSPS) is 12.5. The number of nitrogens with one attached hydrogen (secondary N) is 1. The number of hydrogen-bond donors (Lipinski definition) is 1. The van der Waals surface area contributed by atoms with Crippen LogP contribution in [-0.2, 0) is 14.8 Å². The van der Waals surface area contributed by atoms with Crippen LogP contribution < -0.4 is 14.4 Å². The number of hydrogen-bond acceptors (Lipinski definition) is 4. The molecule has 0 aliphatic rings. The molecule has 0 saturated heterocycles. The van der Waals surface area contributed by atoms with E-state index in [0.717, 1.165) is 33.0 Å². The number of anilines is 1. The Balaban J connectivity index is 2.29. The van der Waals surface area contributed by atoms with E-state index in [-0.39, 0.29) is 22.7 Å². The predicted octanol–water partition coefficient (Wildman–Crippen LogP) is 5.08. The molecule has 0 saturated carbocycles. The number of nitrogens with zero attached hydrogens (tertiary/aromatic N) is 1. The van der Waals surface area contributed by atoms with Gasteiger partial charge < -0.3 is 10.1 Å². The second kappa shape index (κ2) is 10.1. The number of aryl methyl sites for hydroxylation is 1. The summed E-state index contributed by atoms with van der Waals surface area (Å²) in [6.45, 7) is 7.51. The maximum Gasteiger partial charge on any atom is 0.241 e. The molecule has 0 bridgehead atoms. The van der Waals surface area contributed by atoms with Crippen molar-refractivity contribution in [3.8, 4) is 5.75 Å². The van der Waals surface area contributed by atoms with Crippen LogP contribution in [-0.4, -0.2) is 34.2 Å². The lowest BCUT2D eigenvalue weighted by Crippen LogP contribution is -2.41. The average molecular weight is 487 g/mol. The van der Waals surface area contributed by atoms with Gasteiger partial charge in [0.2, 0.25) is 15.9 Å². The Labute approximate surface area is 194 Å². The first-order valence-corrected chi connectivity index (χ1v) is 12.4. The highest BCUT2D eigenvalue weighted by atomic mass is 35.5. The van der Waals surface area contributed by atoms with E-state index in [9.17, 15) is 13.2 Å². The van der Waals surface area contributed by atoms with Gasteiger partial charge in [0.25, 0.3) is 0 Å². The number of sulfonamides is 1. The van der Waals surface area contributed by atoms with Crippen molar-refractivity contribution in [2.75, 3.05) is 24.2 Å². The number of benzene rings is 2. The number of halogens is 2. The van der Waals surface area contributed by atoms with Gasteiger partial charge in [-0.2, -0.15) is 0 Å². The molecule has 0 aliphatic heterocycles. The van der Waals surface area contributed by atoms with E-state index >= 15 is 0 Å². The largest absolute Gasteiger partial charge is 0.496 e. The fraction of sp³-hybridized carbons (Fsp3) is 0.409. The van der Waals surface area contributed by atoms with Crippen molar-refractivity contribution in [2.45, 2.75) is 39.7 Å². The molecule has 6 nitrogen and oxygen atoms in total. The zero-order valence-electron chi connectivity index (χ0n) is 18.5. The Morgan fingerprint density at radius 1 is 1.13 bits per heavy atom. The molecule has 0 aromatic heterocycles. The van der Waals surface area contributed by atoms with Crippen molar-refractivity contribution in [1.82, 2.24) is 5.32 Å². The Kier molecular flexibility index (Phi) is 8.25. The number of methoxy groups -OCH3 is 1. The van der Waals surface area contributed by atoms with Gasteiger partial charge in [-0.05, 0) is 66.8 Å². The number of amides is 1. The molecule has 2 aromatic rings. The highest BCUT2D eigenvalue weighted by Gasteiger charge is 2.25. The lowest BCUT2D eigenvalue weighted by Gasteiger charge is -2.25. The SMILES string of the molecule is COc1cc(C)c(C(C)NC(=O)CN(c2cc(Cl)ccc2Cl)S(C)(=O)=O)cc1C(C)C. The molecule has 0 fully saturated rings. The standard InChI is InChI=1S/C22H28Cl2N2O4S/c1-13(2)17-11-18(14(3)9-21(17)30-5)15(4)25-22(27)12-26(31(6,28)29)20-10-16(23)7-8-19(20)24/h7-11,13,15H,12H2,1-6H3,(H,25,27). The number of rotatable bonds is 8. The first-order valence-electron chi connectivity index (χ1n) is 9.75. The Hall–Kier alpha value is -1.96. The molecular formula is C22H28Cl2N2O4S. The third-order valence-corrected chi connectivity index (χ3v) is 6.63. The molecule has 0 radical (unpaired) electrons. The monoisotopic (exact) mass is 486 g/mol. The molecule has 1 amide bonds. The van der Waals surface area contributed by atoms with E-state index in [2.05, 4.69) is 19.2 Å². The van der Waals surface area contributed by atoms with Gasteiger partial charge in [-0.3, -0.25) is 9.10 Å². The van der Waals surface area contributed by atoms with Gasteiger partial charge in [0.1, 0.15) is 12.3 Å². The van der Waals surface area contributed by atoms with Crippen LogP contribution in [0.1, 0.15) is 49.4 Å². The summed E-state index contributed by atoms with van der Waals surface area (Å²) in [5.74, 6) is 0.576. The van der Waals surface area contributed by atoms with Gasteiger partial charge in [-0.25, -0.2) is 8.42 Å². The van der Waals surface area contributed by atoms with Crippen molar-refractivity contribution >= 4 is 44.8 Å². The van der Waals surface area contributed by atoms with Crippen LogP contribution in [0.4, 0.5) is 5.69 Å². The maximum atomic E-state index is 12.8. The van der Waals surface area contributed by atoms with E-state index < -0.39 is 22.5 Å². The summed E-state index contributed by atoms with van der Waals surface area (Å²) in [5.41, 5.74) is 3.09. The minimum absolute atomic E-state index is 0.155. The molecular weight excluding hydrogens is 459 g/mol. The van der Waals surface area contributed by atoms with Crippen molar-refractivity contribution in [2.24, 2.45) is 0 Å². The van der Waals surface area contributed by atoms with E-state index in [4.69, 9.17) is 27.9 Å². The summed E-state index contributed by atoms with van der Waals surface area (Å²) in [5, 5.41) is 3.39. The molecule has 1 atom stereocenters. The average Bonchev–Trinajstić information content (AvgIpc) is 2.66. The van der Waals surface area contributed by atoms with Crippen molar-refractivity contribution < 1.29 is 17.9 Å². The smallest absolute Gasteiger partial charge is 0.241 e. The topological polar surface area (TPSA) is 75.7 Å². The molecule has 170 valence electrons. The number of ether oxygens (including phenoxy) is 1. The fourth-order valence-corrected chi connectivity index (χ4v) is 4.66. The van der Waals surface area contributed by atoms with E-state index in [1.165, 1.54) is 12.1 Å². The molecule has 0 heterocycles. The molecule has 31 heavy (non-hydrogen) atoms. The first-order chi connectivity index (χ1) is 14.3. The Morgan fingerprint density at radius 2 is 1.77 bits per heavy atom. The molecule has 9 heteroatoms. The quantitative estimate of drug-likeness (QED) is 0.564. The maximum absolute atomic E-state index is 12.8. The summed E-state index contributed by atoms with van der Waals surface area (Å²) in [7, 11) is -2.14. The second-order valence-electron chi connectivity index (χ2n) is 7.76. The second-order valence-corrected chi connectivity index (χ2v) is 10.5. The third kappa shape index (κ3) is 6.28. The Bertz CT molecular complexity index is 1070. The van der Waals surface area contributed by atoms with Crippen molar-refractivity contribution in [1.29, 1.82) is 0 Å². The van der Waals surface area contributed by atoms with Crippen LogP contribution in [0.15, 0.2) is 30.3 Å². The summed E-state index contributed by atoms with van der Waals surface area (Å²) in [4.78, 5) is 12.8. The highest BCUT2D eigenvalue weighted by molar-refractivity contribution is 7.92. The van der Waals surface area contributed by atoms with Crippen LogP contribution >= 0.6 is 23.2 Å². The van der Waals surface area contributed by atoms with Gasteiger partial charge >= 0.3 is 0 Å². The van der Waals surface area contributed by atoms with Crippen LogP contribution in [0, 0.1) is 6.92 Å². The summed E-state index contributed by atoms with van der Waals surface area (Å²) in [6, 6.07) is 8.09. The zero-order valence-corrected chi connectivity index (χ0v) is 20.8. The minimum Gasteiger partial charge on any atom is -0.496 e. The molecule has 0 aliphatic carbocycles. The predicted molar refractivity (Wildman–Crippen MR) is 127 cm³/mol. The molecule has 2 aromatic carbocycles. The van der Waals surface area contributed by atoms with Crippen LogP contribution in [0.25, 0.3) is 0 Å². The lowest BCUT2D eigenvalue weighted by molar-refractivity contribution is -0.120.